The highest BCUT2D eigenvalue weighted by Crippen LogP contribution is 2.27. The maximum absolute atomic E-state index is 4.66. The second-order valence-electron chi connectivity index (χ2n) is 5.74. The number of hydrogen-bond acceptors (Lipinski definition) is 4. The minimum atomic E-state index is 0.524. The van der Waals surface area contributed by atoms with Gasteiger partial charge in [0.2, 0.25) is 5.95 Å². The molecule has 5 nitrogen and oxygen atoms in total. The number of H-pyrrole nitrogens is 1. The lowest BCUT2D eigenvalue weighted by atomic mass is 10.0. The van der Waals surface area contributed by atoms with Crippen molar-refractivity contribution in [1.29, 1.82) is 0 Å². The number of aromatic nitrogens is 3. The number of aromatic amines is 1. The highest BCUT2D eigenvalue weighted by molar-refractivity contribution is 5.30. The lowest BCUT2D eigenvalue weighted by Crippen LogP contribution is -2.49. The zero-order chi connectivity index (χ0) is 12.4. The van der Waals surface area contributed by atoms with Crippen molar-refractivity contribution in [3.05, 3.63) is 5.82 Å². The average molecular weight is 249 g/mol. The van der Waals surface area contributed by atoms with Gasteiger partial charge in [-0.1, -0.05) is 25.7 Å². The molecule has 1 aromatic heterocycles. The number of rotatable bonds is 3. The monoisotopic (exact) mass is 249 g/mol. The first-order chi connectivity index (χ1) is 8.81. The summed E-state index contributed by atoms with van der Waals surface area (Å²) in [6.07, 6.45) is 6.58. The first kappa shape index (κ1) is 12.0. The predicted molar refractivity (Wildman–Crippen MR) is 71.7 cm³/mol. The fourth-order valence-corrected chi connectivity index (χ4v) is 3.12. The van der Waals surface area contributed by atoms with Crippen LogP contribution in [0, 0.1) is 5.92 Å². The third kappa shape index (κ3) is 2.66. The molecule has 0 unspecified atom stereocenters. The van der Waals surface area contributed by atoms with Crippen molar-refractivity contribution >= 4 is 5.95 Å². The Bertz CT molecular complexity index is 382. The number of piperazine rings is 1. The standard InChI is InChI=1S/C13H23N5/c1-10-9-18(7-6-14-10)13-15-12(16-17-13)8-11-4-2-3-5-11/h10-11,14H,2-9H2,1H3,(H,15,16,17)/t10-/m1/s1. The van der Waals surface area contributed by atoms with Crippen LogP contribution in [-0.2, 0) is 6.42 Å². The second kappa shape index (κ2) is 5.26. The van der Waals surface area contributed by atoms with Crippen molar-refractivity contribution < 1.29 is 0 Å². The zero-order valence-corrected chi connectivity index (χ0v) is 11.2. The molecule has 1 saturated carbocycles. The summed E-state index contributed by atoms with van der Waals surface area (Å²) in [7, 11) is 0. The van der Waals surface area contributed by atoms with E-state index >= 15 is 0 Å². The molecule has 0 bridgehead atoms. The van der Waals surface area contributed by atoms with E-state index in [2.05, 4.69) is 32.3 Å². The van der Waals surface area contributed by atoms with E-state index in [1.807, 2.05) is 0 Å². The molecular weight excluding hydrogens is 226 g/mol. The largest absolute Gasteiger partial charge is 0.337 e. The van der Waals surface area contributed by atoms with E-state index in [0.717, 1.165) is 43.7 Å². The maximum Gasteiger partial charge on any atom is 0.244 e. The van der Waals surface area contributed by atoms with Crippen molar-refractivity contribution in [2.24, 2.45) is 5.92 Å². The van der Waals surface area contributed by atoms with Gasteiger partial charge in [-0.25, -0.2) is 0 Å². The molecule has 1 aliphatic heterocycles. The summed E-state index contributed by atoms with van der Waals surface area (Å²) in [6, 6.07) is 0.524. The number of hydrogen-bond donors (Lipinski definition) is 2. The molecule has 1 aromatic rings. The summed E-state index contributed by atoms with van der Waals surface area (Å²) in [6.45, 7) is 5.23. The van der Waals surface area contributed by atoms with Crippen LogP contribution in [0.5, 0.6) is 0 Å². The van der Waals surface area contributed by atoms with Crippen molar-refractivity contribution in [3.8, 4) is 0 Å². The van der Waals surface area contributed by atoms with Gasteiger partial charge in [0.05, 0.1) is 0 Å². The third-order valence-corrected chi connectivity index (χ3v) is 4.13. The van der Waals surface area contributed by atoms with E-state index in [4.69, 9.17) is 0 Å². The van der Waals surface area contributed by atoms with Crippen LogP contribution < -0.4 is 10.2 Å². The van der Waals surface area contributed by atoms with E-state index in [0.29, 0.717) is 6.04 Å². The van der Waals surface area contributed by atoms with Gasteiger partial charge in [-0.3, -0.25) is 5.10 Å². The number of nitrogens with zero attached hydrogens (tertiary/aromatic N) is 3. The van der Waals surface area contributed by atoms with Crippen LogP contribution in [0.15, 0.2) is 0 Å². The van der Waals surface area contributed by atoms with E-state index < -0.39 is 0 Å². The fraction of sp³-hybridized carbons (Fsp3) is 0.846. The SMILES string of the molecule is C[C@@H]1CN(c2n[nH]c(CC3CCCC3)n2)CCN1. The van der Waals surface area contributed by atoms with Crippen molar-refractivity contribution in [2.45, 2.75) is 45.1 Å². The molecule has 0 amide bonds. The van der Waals surface area contributed by atoms with Gasteiger partial charge < -0.3 is 10.2 Å². The van der Waals surface area contributed by atoms with Gasteiger partial charge in [0, 0.05) is 32.1 Å². The van der Waals surface area contributed by atoms with Crippen molar-refractivity contribution in [2.75, 3.05) is 24.5 Å². The van der Waals surface area contributed by atoms with E-state index in [1.165, 1.54) is 25.7 Å². The van der Waals surface area contributed by atoms with Crippen LogP contribution >= 0.6 is 0 Å². The van der Waals surface area contributed by atoms with E-state index in [-0.39, 0.29) is 0 Å². The van der Waals surface area contributed by atoms with Gasteiger partial charge in [0.15, 0.2) is 0 Å². The van der Waals surface area contributed by atoms with E-state index in [1.54, 1.807) is 0 Å². The summed E-state index contributed by atoms with van der Waals surface area (Å²) < 4.78 is 0. The predicted octanol–water partition coefficient (Wildman–Crippen LogP) is 1.34. The molecule has 2 aliphatic rings. The van der Waals surface area contributed by atoms with Crippen LogP contribution in [0.3, 0.4) is 0 Å². The number of nitrogens with one attached hydrogen (secondary N) is 2. The molecule has 1 atom stereocenters. The number of anilines is 1. The van der Waals surface area contributed by atoms with Crippen LogP contribution in [0.2, 0.25) is 0 Å². The molecule has 2 heterocycles. The first-order valence-corrected chi connectivity index (χ1v) is 7.21. The molecule has 3 rings (SSSR count). The molecule has 0 radical (unpaired) electrons. The van der Waals surface area contributed by atoms with Gasteiger partial charge in [-0.05, 0) is 12.8 Å². The molecule has 2 N–H and O–H groups in total. The van der Waals surface area contributed by atoms with E-state index in [9.17, 15) is 0 Å². The summed E-state index contributed by atoms with van der Waals surface area (Å²) in [5.74, 6) is 2.78. The van der Waals surface area contributed by atoms with Gasteiger partial charge in [0.25, 0.3) is 0 Å². The Kier molecular flexibility index (Phi) is 3.50. The Morgan fingerprint density at radius 1 is 1.33 bits per heavy atom. The second-order valence-corrected chi connectivity index (χ2v) is 5.74. The van der Waals surface area contributed by atoms with Crippen molar-refractivity contribution in [3.63, 3.8) is 0 Å². The Balaban J connectivity index is 1.61. The zero-order valence-electron chi connectivity index (χ0n) is 11.2. The molecule has 2 fully saturated rings. The Labute approximate surface area is 108 Å². The normalized spacial score (nSPS) is 25.8. The van der Waals surface area contributed by atoms with Gasteiger partial charge in [0.1, 0.15) is 5.82 Å². The Morgan fingerprint density at radius 3 is 2.94 bits per heavy atom. The van der Waals surface area contributed by atoms with Crippen LogP contribution in [0.1, 0.15) is 38.4 Å². The smallest absolute Gasteiger partial charge is 0.244 e. The summed E-state index contributed by atoms with van der Waals surface area (Å²) in [5, 5.41) is 10.9. The lowest BCUT2D eigenvalue weighted by Gasteiger charge is -2.30. The highest BCUT2D eigenvalue weighted by atomic mass is 15.4. The van der Waals surface area contributed by atoms with Crippen LogP contribution in [-0.4, -0.2) is 40.9 Å². The summed E-state index contributed by atoms with van der Waals surface area (Å²) in [5.41, 5.74) is 0. The van der Waals surface area contributed by atoms with Crippen molar-refractivity contribution in [1.82, 2.24) is 20.5 Å². The minimum Gasteiger partial charge on any atom is -0.337 e. The molecule has 100 valence electrons. The maximum atomic E-state index is 4.66. The van der Waals surface area contributed by atoms with Crippen LogP contribution in [0.4, 0.5) is 5.95 Å². The molecule has 0 aromatic carbocycles. The van der Waals surface area contributed by atoms with Gasteiger partial charge in [-0.15, -0.1) is 5.10 Å². The fourth-order valence-electron chi connectivity index (χ4n) is 3.12. The molecule has 1 saturated heterocycles. The molecule has 0 spiro atoms. The minimum absolute atomic E-state index is 0.524. The molecule has 5 heteroatoms. The average Bonchev–Trinajstić information content (AvgIpc) is 3.01. The Morgan fingerprint density at radius 2 is 2.17 bits per heavy atom. The molecule has 18 heavy (non-hydrogen) atoms. The lowest BCUT2D eigenvalue weighted by molar-refractivity contribution is 0.479. The first-order valence-electron chi connectivity index (χ1n) is 7.21. The quantitative estimate of drug-likeness (QED) is 0.848. The van der Waals surface area contributed by atoms with Crippen LogP contribution in [0.25, 0.3) is 0 Å². The third-order valence-electron chi connectivity index (χ3n) is 4.13. The molecule has 1 aliphatic carbocycles. The topological polar surface area (TPSA) is 56.8 Å². The molecular formula is C13H23N5. The summed E-state index contributed by atoms with van der Waals surface area (Å²) >= 11 is 0. The van der Waals surface area contributed by atoms with Gasteiger partial charge >= 0.3 is 0 Å². The van der Waals surface area contributed by atoms with Gasteiger partial charge in [-0.2, -0.15) is 4.98 Å². The Hall–Kier alpha value is -1.10. The highest BCUT2D eigenvalue weighted by Gasteiger charge is 2.21. The summed E-state index contributed by atoms with van der Waals surface area (Å²) in [4.78, 5) is 6.94.